The highest BCUT2D eigenvalue weighted by Gasteiger charge is 2.33. The van der Waals surface area contributed by atoms with Crippen LogP contribution in [0.5, 0.6) is 0 Å². The van der Waals surface area contributed by atoms with E-state index in [9.17, 15) is 4.79 Å². The number of nitrogens with zero attached hydrogens (tertiary/aromatic N) is 1. The minimum atomic E-state index is 0.0804. The summed E-state index contributed by atoms with van der Waals surface area (Å²) < 4.78 is 0. The number of rotatable bonds is 3. The summed E-state index contributed by atoms with van der Waals surface area (Å²) in [5.41, 5.74) is 0.212. The molecule has 0 aromatic rings. The molecule has 3 nitrogen and oxygen atoms in total. The third-order valence-electron chi connectivity index (χ3n) is 3.40. The van der Waals surface area contributed by atoms with Crippen LogP contribution in [0.4, 0.5) is 0 Å². The fraction of sp³-hybridized carbons (Fsp3) is 0.909. The van der Waals surface area contributed by atoms with E-state index >= 15 is 0 Å². The smallest absolute Gasteiger partial charge is 0.216 e. The van der Waals surface area contributed by atoms with Crippen molar-refractivity contribution in [2.24, 2.45) is 0 Å². The van der Waals surface area contributed by atoms with Crippen LogP contribution < -0.4 is 5.32 Å². The van der Waals surface area contributed by atoms with Gasteiger partial charge in [0.2, 0.25) is 5.91 Å². The number of likely N-dealkylation sites (N-methyl/N-ethyl adjacent to an activating group) is 1. The maximum atomic E-state index is 10.9. The van der Waals surface area contributed by atoms with Gasteiger partial charge in [0.15, 0.2) is 0 Å². The minimum absolute atomic E-state index is 0.0804. The van der Waals surface area contributed by atoms with E-state index < -0.39 is 0 Å². The van der Waals surface area contributed by atoms with Crippen molar-refractivity contribution < 1.29 is 4.79 Å². The van der Waals surface area contributed by atoms with Gasteiger partial charge in [0.1, 0.15) is 0 Å². The zero-order chi connectivity index (χ0) is 10.6. The number of amides is 1. The molecule has 0 heterocycles. The molecule has 0 bridgehead atoms. The molecule has 0 aromatic heterocycles. The van der Waals surface area contributed by atoms with E-state index in [0.29, 0.717) is 0 Å². The lowest BCUT2D eigenvalue weighted by Gasteiger charge is -2.43. The number of hydrogen-bond donors (Lipinski definition) is 1. The fourth-order valence-corrected chi connectivity index (χ4v) is 2.28. The Hall–Kier alpha value is -0.570. The lowest BCUT2D eigenvalue weighted by Crippen LogP contribution is -2.53. The van der Waals surface area contributed by atoms with Crippen LogP contribution in [0.15, 0.2) is 0 Å². The van der Waals surface area contributed by atoms with Gasteiger partial charge in [0, 0.05) is 19.0 Å². The highest BCUT2D eigenvalue weighted by molar-refractivity contribution is 5.72. The van der Waals surface area contributed by atoms with Crippen molar-refractivity contribution in [1.29, 1.82) is 0 Å². The maximum Gasteiger partial charge on any atom is 0.216 e. The van der Waals surface area contributed by atoms with Gasteiger partial charge in [0.05, 0.1) is 0 Å². The van der Waals surface area contributed by atoms with Crippen molar-refractivity contribution in [3.63, 3.8) is 0 Å². The first-order valence-electron chi connectivity index (χ1n) is 5.49. The largest absolute Gasteiger partial charge is 0.354 e. The molecule has 1 N–H and O–H groups in total. The van der Waals surface area contributed by atoms with Crippen LogP contribution in [0, 0.1) is 0 Å². The van der Waals surface area contributed by atoms with Crippen molar-refractivity contribution in [2.75, 3.05) is 20.6 Å². The zero-order valence-electron chi connectivity index (χ0n) is 9.60. The molecule has 0 spiro atoms. The summed E-state index contributed by atoms with van der Waals surface area (Å²) in [7, 11) is 4.24. The molecular formula is C11H22N2O. The van der Waals surface area contributed by atoms with Gasteiger partial charge in [-0.05, 0) is 26.9 Å². The van der Waals surface area contributed by atoms with Gasteiger partial charge in [-0.25, -0.2) is 0 Å². The molecule has 0 aromatic carbocycles. The Morgan fingerprint density at radius 3 is 2.29 bits per heavy atom. The second kappa shape index (κ2) is 4.78. The quantitative estimate of drug-likeness (QED) is 0.743. The molecule has 0 radical (unpaired) electrons. The van der Waals surface area contributed by atoms with Gasteiger partial charge in [-0.1, -0.05) is 19.3 Å². The molecule has 1 aliphatic carbocycles. The average molecular weight is 198 g/mol. The third-order valence-corrected chi connectivity index (χ3v) is 3.40. The standard InChI is InChI=1S/C11H22N2O/c1-10(14)12-9-11(13(2)3)7-5-4-6-8-11/h4-9H2,1-3H3,(H,12,14). The van der Waals surface area contributed by atoms with Crippen LogP contribution in [0.25, 0.3) is 0 Å². The predicted octanol–water partition coefficient (Wildman–Crippen LogP) is 1.39. The molecule has 14 heavy (non-hydrogen) atoms. The molecule has 1 fully saturated rings. The molecule has 0 unspecified atom stereocenters. The lowest BCUT2D eigenvalue weighted by atomic mass is 9.80. The van der Waals surface area contributed by atoms with Crippen LogP contribution >= 0.6 is 0 Å². The highest BCUT2D eigenvalue weighted by Crippen LogP contribution is 2.31. The summed E-state index contributed by atoms with van der Waals surface area (Å²) in [4.78, 5) is 13.2. The molecule has 82 valence electrons. The first-order valence-corrected chi connectivity index (χ1v) is 5.49. The van der Waals surface area contributed by atoms with E-state index in [1.807, 2.05) is 0 Å². The van der Waals surface area contributed by atoms with E-state index in [-0.39, 0.29) is 11.4 Å². The first-order chi connectivity index (χ1) is 6.57. The summed E-state index contributed by atoms with van der Waals surface area (Å²) >= 11 is 0. The maximum absolute atomic E-state index is 10.9. The second-order valence-corrected chi connectivity index (χ2v) is 4.59. The monoisotopic (exact) mass is 198 g/mol. The molecule has 1 aliphatic rings. The van der Waals surface area contributed by atoms with E-state index in [1.165, 1.54) is 32.1 Å². The molecule has 1 amide bonds. The Labute approximate surface area is 86.9 Å². The van der Waals surface area contributed by atoms with Gasteiger partial charge in [0.25, 0.3) is 0 Å². The second-order valence-electron chi connectivity index (χ2n) is 4.59. The minimum Gasteiger partial charge on any atom is -0.354 e. The SMILES string of the molecule is CC(=O)NCC1(N(C)C)CCCCC1. The Bertz CT molecular complexity index is 195. The Morgan fingerprint density at radius 2 is 1.86 bits per heavy atom. The zero-order valence-corrected chi connectivity index (χ0v) is 9.60. The Balaban J connectivity index is 2.56. The molecule has 1 saturated carbocycles. The Kier molecular flexibility index (Phi) is 3.93. The number of nitrogens with one attached hydrogen (secondary N) is 1. The summed E-state index contributed by atoms with van der Waals surface area (Å²) in [6.07, 6.45) is 6.34. The molecular weight excluding hydrogens is 176 g/mol. The van der Waals surface area contributed by atoms with E-state index in [4.69, 9.17) is 0 Å². The summed E-state index contributed by atoms with van der Waals surface area (Å²) in [5, 5.41) is 2.96. The summed E-state index contributed by atoms with van der Waals surface area (Å²) in [6, 6.07) is 0. The molecule has 0 saturated heterocycles. The van der Waals surface area contributed by atoms with Crippen LogP contribution in [0.3, 0.4) is 0 Å². The van der Waals surface area contributed by atoms with Crippen LogP contribution in [0.2, 0.25) is 0 Å². The molecule has 0 aliphatic heterocycles. The molecule has 3 heteroatoms. The third kappa shape index (κ3) is 2.71. The van der Waals surface area contributed by atoms with Crippen molar-refractivity contribution in [3.8, 4) is 0 Å². The predicted molar refractivity (Wildman–Crippen MR) is 58.2 cm³/mol. The van der Waals surface area contributed by atoms with E-state index in [1.54, 1.807) is 6.92 Å². The highest BCUT2D eigenvalue weighted by atomic mass is 16.1. The van der Waals surface area contributed by atoms with Crippen LogP contribution in [0.1, 0.15) is 39.0 Å². The normalized spacial score (nSPS) is 20.9. The number of hydrogen-bond acceptors (Lipinski definition) is 2. The molecule has 0 atom stereocenters. The van der Waals surface area contributed by atoms with Gasteiger partial charge in [-0.2, -0.15) is 0 Å². The van der Waals surface area contributed by atoms with Gasteiger partial charge >= 0.3 is 0 Å². The van der Waals surface area contributed by atoms with Crippen molar-refractivity contribution in [3.05, 3.63) is 0 Å². The van der Waals surface area contributed by atoms with E-state index in [0.717, 1.165) is 6.54 Å². The lowest BCUT2D eigenvalue weighted by molar-refractivity contribution is -0.119. The van der Waals surface area contributed by atoms with Crippen molar-refractivity contribution >= 4 is 5.91 Å². The first kappa shape index (κ1) is 11.5. The van der Waals surface area contributed by atoms with Crippen molar-refractivity contribution in [2.45, 2.75) is 44.6 Å². The van der Waals surface area contributed by atoms with Crippen LogP contribution in [-0.2, 0) is 4.79 Å². The Morgan fingerprint density at radius 1 is 1.29 bits per heavy atom. The van der Waals surface area contributed by atoms with Crippen LogP contribution in [-0.4, -0.2) is 37.0 Å². The van der Waals surface area contributed by atoms with Gasteiger partial charge in [-0.3, -0.25) is 4.79 Å². The number of carbonyl (C=O) groups excluding carboxylic acids is 1. The fourth-order valence-electron chi connectivity index (χ4n) is 2.28. The van der Waals surface area contributed by atoms with Crippen molar-refractivity contribution in [1.82, 2.24) is 10.2 Å². The topological polar surface area (TPSA) is 32.3 Å². The average Bonchev–Trinajstić information content (AvgIpc) is 2.16. The molecule has 1 rings (SSSR count). The number of carbonyl (C=O) groups is 1. The summed E-state index contributed by atoms with van der Waals surface area (Å²) in [5.74, 6) is 0.0804. The van der Waals surface area contributed by atoms with E-state index in [2.05, 4.69) is 24.3 Å². The summed E-state index contributed by atoms with van der Waals surface area (Å²) in [6.45, 7) is 2.39. The van der Waals surface area contributed by atoms with Gasteiger partial charge in [-0.15, -0.1) is 0 Å². The van der Waals surface area contributed by atoms with Gasteiger partial charge < -0.3 is 10.2 Å².